The minimum atomic E-state index is -2.95. The minimum Gasteiger partial charge on any atom is -0.497 e. The normalized spacial score (nSPS) is 11.3. The lowest BCUT2D eigenvalue weighted by atomic mass is 10.1. The van der Waals surface area contributed by atoms with Crippen molar-refractivity contribution in [1.29, 1.82) is 0 Å². The fourth-order valence-electron chi connectivity index (χ4n) is 2.62. The van der Waals surface area contributed by atoms with Gasteiger partial charge in [0.2, 0.25) is 0 Å². The number of carbonyl (C=O) groups excluding carboxylic acids is 1. The van der Waals surface area contributed by atoms with Crippen molar-refractivity contribution in [2.45, 2.75) is 20.1 Å². The van der Waals surface area contributed by atoms with E-state index < -0.39 is 18.3 Å². The van der Waals surface area contributed by atoms with Crippen LogP contribution in [0.15, 0.2) is 41.4 Å². The van der Waals surface area contributed by atoms with E-state index in [1.54, 1.807) is 32.2 Å². The monoisotopic (exact) mass is 438 g/mol. The molecule has 0 bridgehead atoms. The SMILES string of the molecule is CN=C(NCCNC(=O)c1ccc(C)c(F)c1)NCc1cc(OC)ccc1OC(F)F. The Balaban J connectivity index is 1.85. The van der Waals surface area contributed by atoms with Crippen LogP contribution in [0, 0.1) is 12.7 Å². The number of methoxy groups -OCH3 is 1. The van der Waals surface area contributed by atoms with Gasteiger partial charge in [0.25, 0.3) is 5.91 Å². The zero-order valence-electron chi connectivity index (χ0n) is 17.5. The third kappa shape index (κ3) is 7.40. The third-order valence-electron chi connectivity index (χ3n) is 4.29. The number of ether oxygens (including phenoxy) is 2. The quantitative estimate of drug-likeness (QED) is 0.319. The van der Waals surface area contributed by atoms with E-state index in [1.165, 1.54) is 25.3 Å². The Kier molecular flexibility index (Phi) is 8.98. The molecule has 3 N–H and O–H groups in total. The highest BCUT2D eigenvalue weighted by Crippen LogP contribution is 2.25. The number of hydrogen-bond donors (Lipinski definition) is 3. The summed E-state index contributed by atoms with van der Waals surface area (Å²) in [6.45, 7) is -0.594. The fourth-order valence-corrected chi connectivity index (χ4v) is 2.62. The molecule has 0 radical (unpaired) electrons. The van der Waals surface area contributed by atoms with Gasteiger partial charge in [0.1, 0.15) is 17.3 Å². The average Bonchev–Trinajstić information content (AvgIpc) is 2.75. The molecule has 2 rings (SSSR count). The largest absolute Gasteiger partial charge is 0.497 e. The van der Waals surface area contributed by atoms with E-state index in [2.05, 4.69) is 25.7 Å². The maximum atomic E-state index is 13.6. The van der Waals surface area contributed by atoms with Gasteiger partial charge < -0.3 is 25.4 Å². The molecule has 0 fully saturated rings. The number of aliphatic imine (C=N–C) groups is 1. The summed E-state index contributed by atoms with van der Waals surface area (Å²) in [6, 6.07) is 8.79. The molecule has 0 aliphatic heterocycles. The van der Waals surface area contributed by atoms with Crippen molar-refractivity contribution in [1.82, 2.24) is 16.0 Å². The number of aryl methyl sites for hydroxylation is 1. The van der Waals surface area contributed by atoms with Crippen LogP contribution in [0.25, 0.3) is 0 Å². The van der Waals surface area contributed by atoms with Crippen molar-refractivity contribution in [2.24, 2.45) is 4.99 Å². The van der Waals surface area contributed by atoms with Crippen molar-refractivity contribution in [2.75, 3.05) is 27.2 Å². The highest BCUT2D eigenvalue weighted by molar-refractivity contribution is 5.94. The number of nitrogens with zero attached hydrogens (tertiary/aromatic N) is 1. The molecule has 2 aromatic rings. The van der Waals surface area contributed by atoms with Gasteiger partial charge in [0.05, 0.1) is 7.11 Å². The molecule has 2 aromatic carbocycles. The first-order chi connectivity index (χ1) is 14.8. The summed E-state index contributed by atoms with van der Waals surface area (Å²) in [6.07, 6.45) is 0. The predicted molar refractivity (Wildman–Crippen MR) is 111 cm³/mol. The highest BCUT2D eigenvalue weighted by Gasteiger charge is 2.12. The van der Waals surface area contributed by atoms with Crippen molar-refractivity contribution in [3.63, 3.8) is 0 Å². The van der Waals surface area contributed by atoms with Crippen LogP contribution in [0.3, 0.4) is 0 Å². The van der Waals surface area contributed by atoms with Crippen LogP contribution in [0.2, 0.25) is 0 Å². The molecule has 168 valence electrons. The molecule has 0 atom stereocenters. The molecule has 0 heterocycles. The lowest BCUT2D eigenvalue weighted by molar-refractivity contribution is -0.0505. The summed E-state index contributed by atoms with van der Waals surface area (Å²) in [5.74, 6) is 0.0753. The molecule has 0 aliphatic rings. The number of nitrogens with one attached hydrogen (secondary N) is 3. The van der Waals surface area contributed by atoms with Gasteiger partial charge in [-0.3, -0.25) is 9.79 Å². The van der Waals surface area contributed by atoms with Gasteiger partial charge in [-0.25, -0.2) is 4.39 Å². The molecule has 1 amide bonds. The van der Waals surface area contributed by atoms with Gasteiger partial charge in [-0.05, 0) is 42.8 Å². The number of rotatable bonds is 9. The molecular formula is C21H25F3N4O3. The molecule has 0 spiro atoms. The summed E-state index contributed by atoms with van der Waals surface area (Å²) >= 11 is 0. The molecule has 7 nitrogen and oxygen atoms in total. The topological polar surface area (TPSA) is 84.0 Å². The first kappa shape index (κ1) is 23.8. The second-order valence-electron chi connectivity index (χ2n) is 6.42. The van der Waals surface area contributed by atoms with E-state index in [4.69, 9.17) is 4.74 Å². The molecule has 10 heteroatoms. The number of amides is 1. The zero-order chi connectivity index (χ0) is 22.8. The van der Waals surface area contributed by atoms with Crippen molar-refractivity contribution >= 4 is 11.9 Å². The number of hydrogen-bond acceptors (Lipinski definition) is 4. The van der Waals surface area contributed by atoms with E-state index in [0.717, 1.165) is 0 Å². The van der Waals surface area contributed by atoms with Crippen LogP contribution in [0.1, 0.15) is 21.5 Å². The molecule has 0 saturated carbocycles. The van der Waals surface area contributed by atoms with Gasteiger partial charge in [-0.2, -0.15) is 8.78 Å². The van der Waals surface area contributed by atoms with Gasteiger partial charge in [0, 0.05) is 37.8 Å². The number of benzene rings is 2. The van der Waals surface area contributed by atoms with E-state index in [9.17, 15) is 18.0 Å². The second kappa shape index (κ2) is 11.7. The Morgan fingerprint density at radius 1 is 1.10 bits per heavy atom. The van der Waals surface area contributed by atoms with Gasteiger partial charge in [-0.1, -0.05) is 6.07 Å². The maximum absolute atomic E-state index is 13.6. The van der Waals surface area contributed by atoms with E-state index in [1.807, 2.05) is 0 Å². The van der Waals surface area contributed by atoms with Crippen molar-refractivity contribution in [3.05, 3.63) is 58.9 Å². The average molecular weight is 438 g/mol. The molecular weight excluding hydrogens is 413 g/mol. The highest BCUT2D eigenvalue weighted by atomic mass is 19.3. The molecule has 31 heavy (non-hydrogen) atoms. The summed E-state index contributed by atoms with van der Waals surface area (Å²) in [5.41, 5.74) is 1.15. The minimum absolute atomic E-state index is 0.0244. The van der Waals surface area contributed by atoms with Crippen LogP contribution >= 0.6 is 0 Å². The lowest BCUT2D eigenvalue weighted by Crippen LogP contribution is -2.41. The maximum Gasteiger partial charge on any atom is 0.387 e. The summed E-state index contributed by atoms with van der Waals surface area (Å²) < 4.78 is 48.5. The third-order valence-corrected chi connectivity index (χ3v) is 4.29. The molecule has 0 unspecified atom stereocenters. The number of halogens is 3. The van der Waals surface area contributed by atoms with Crippen LogP contribution in [-0.2, 0) is 6.54 Å². The smallest absolute Gasteiger partial charge is 0.387 e. The Morgan fingerprint density at radius 2 is 1.84 bits per heavy atom. The van der Waals surface area contributed by atoms with E-state index in [-0.39, 0.29) is 24.4 Å². The summed E-state index contributed by atoms with van der Waals surface area (Å²) in [4.78, 5) is 16.1. The predicted octanol–water partition coefficient (Wildman–Crippen LogP) is 2.84. The van der Waals surface area contributed by atoms with E-state index >= 15 is 0 Å². The van der Waals surface area contributed by atoms with Crippen LogP contribution in [-0.4, -0.2) is 45.7 Å². The Labute approximate surface area is 178 Å². The first-order valence-electron chi connectivity index (χ1n) is 9.44. The summed E-state index contributed by atoms with van der Waals surface area (Å²) in [7, 11) is 3.02. The first-order valence-corrected chi connectivity index (χ1v) is 9.44. The van der Waals surface area contributed by atoms with Gasteiger partial charge in [-0.15, -0.1) is 0 Å². The van der Waals surface area contributed by atoms with Crippen LogP contribution < -0.4 is 25.4 Å². The lowest BCUT2D eigenvalue weighted by Gasteiger charge is -2.15. The number of carbonyl (C=O) groups is 1. The standard InChI is InChI=1S/C21H25F3N4O3/c1-13-4-5-14(11-17(13)22)19(29)26-8-9-27-21(25-2)28-12-15-10-16(30-3)6-7-18(15)31-20(23)24/h4-7,10-11,20H,8-9,12H2,1-3H3,(H,26,29)(H2,25,27,28). The molecule has 0 saturated heterocycles. The van der Waals surface area contributed by atoms with Crippen LogP contribution in [0.4, 0.5) is 13.2 Å². The second-order valence-corrected chi connectivity index (χ2v) is 6.42. The van der Waals surface area contributed by atoms with E-state index in [0.29, 0.717) is 29.4 Å². The van der Waals surface area contributed by atoms with Crippen LogP contribution in [0.5, 0.6) is 11.5 Å². The van der Waals surface area contributed by atoms with Crippen molar-refractivity contribution in [3.8, 4) is 11.5 Å². The summed E-state index contributed by atoms with van der Waals surface area (Å²) in [5, 5.41) is 8.64. The van der Waals surface area contributed by atoms with Crippen molar-refractivity contribution < 1.29 is 27.4 Å². The molecule has 0 aliphatic carbocycles. The fraction of sp³-hybridized carbons (Fsp3) is 0.333. The Morgan fingerprint density at radius 3 is 2.48 bits per heavy atom. The van der Waals surface area contributed by atoms with Gasteiger partial charge >= 0.3 is 6.61 Å². The zero-order valence-corrected chi connectivity index (χ0v) is 17.5. The number of guanidine groups is 1. The number of alkyl halides is 2. The Bertz CT molecular complexity index is 923. The molecule has 0 aromatic heterocycles. The Hall–Kier alpha value is -3.43. The van der Waals surface area contributed by atoms with Gasteiger partial charge in [0.15, 0.2) is 5.96 Å².